The van der Waals surface area contributed by atoms with E-state index in [0.717, 1.165) is 50.5 Å². The van der Waals surface area contributed by atoms with Gasteiger partial charge in [0.1, 0.15) is 5.82 Å². The van der Waals surface area contributed by atoms with Crippen LogP contribution in [0.3, 0.4) is 0 Å². The molecule has 0 unspecified atom stereocenters. The molecular weight excluding hydrogens is 675 g/mol. The number of imidazole rings is 1. The maximum Gasteiger partial charge on any atom is 0.145 e. The molecular formula is C50H33N3S. The summed E-state index contributed by atoms with van der Waals surface area (Å²) in [6.45, 7) is 0. The van der Waals surface area contributed by atoms with Gasteiger partial charge in [0.25, 0.3) is 0 Å². The fraction of sp³-hybridized carbons (Fsp3) is 0.0200. The van der Waals surface area contributed by atoms with E-state index >= 15 is 0 Å². The van der Waals surface area contributed by atoms with Gasteiger partial charge < -0.3 is 5.73 Å². The molecule has 1 spiro atoms. The molecule has 0 fully saturated rings. The van der Waals surface area contributed by atoms with Crippen molar-refractivity contribution >= 4 is 28.5 Å². The number of aromatic nitrogens is 2. The Morgan fingerprint density at radius 1 is 0.444 bits per heavy atom. The second-order valence-corrected chi connectivity index (χ2v) is 15.2. The zero-order chi connectivity index (χ0) is 35.8. The summed E-state index contributed by atoms with van der Waals surface area (Å²) in [4.78, 5) is 7.72. The predicted octanol–water partition coefficient (Wildman–Crippen LogP) is 12.4. The Morgan fingerprint density at radius 2 is 1.06 bits per heavy atom. The van der Waals surface area contributed by atoms with Crippen molar-refractivity contribution in [3.05, 3.63) is 210 Å². The third kappa shape index (κ3) is 4.47. The lowest BCUT2D eigenvalue weighted by atomic mass is 9.67. The third-order valence-electron chi connectivity index (χ3n) is 11.2. The van der Waals surface area contributed by atoms with Gasteiger partial charge in [0.15, 0.2) is 0 Å². The van der Waals surface area contributed by atoms with Crippen molar-refractivity contribution < 1.29 is 0 Å². The van der Waals surface area contributed by atoms with Crippen LogP contribution in [-0.4, -0.2) is 9.55 Å². The van der Waals surface area contributed by atoms with Crippen LogP contribution in [0.1, 0.15) is 22.3 Å². The van der Waals surface area contributed by atoms with Gasteiger partial charge in [-0.1, -0.05) is 145 Å². The van der Waals surface area contributed by atoms with E-state index in [1.54, 1.807) is 0 Å². The van der Waals surface area contributed by atoms with Crippen molar-refractivity contribution in [3.8, 4) is 50.5 Å². The lowest BCUT2D eigenvalue weighted by Crippen LogP contribution is -2.32. The van der Waals surface area contributed by atoms with Crippen LogP contribution in [0.2, 0.25) is 0 Å². The minimum absolute atomic E-state index is 0.556. The molecule has 2 N–H and O–H groups in total. The molecule has 4 heteroatoms. The van der Waals surface area contributed by atoms with E-state index in [9.17, 15) is 0 Å². The molecule has 1 aliphatic heterocycles. The molecule has 1 aromatic heterocycles. The van der Waals surface area contributed by atoms with Crippen LogP contribution in [-0.2, 0) is 5.41 Å². The van der Waals surface area contributed by atoms with Crippen molar-refractivity contribution in [1.29, 1.82) is 0 Å². The topological polar surface area (TPSA) is 43.8 Å². The second kappa shape index (κ2) is 12.0. The minimum atomic E-state index is -0.556. The number of para-hydroxylation sites is 2. The van der Waals surface area contributed by atoms with Gasteiger partial charge in [-0.25, -0.2) is 4.98 Å². The molecule has 1 aliphatic carbocycles. The molecule has 0 saturated heterocycles. The minimum Gasteiger partial charge on any atom is -0.399 e. The summed E-state index contributed by atoms with van der Waals surface area (Å²) >= 11 is 1.86. The maximum absolute atomic E-state index is 6.43. The molecule has 0 bridgehead atoms. The fourth-order valence-corrected chi connectivity index (χ4v) is 10.1. The van der Waals surface area contributed by atoms with E-state index in [1.807, 2.05) is 17.8 Å². The van der Waals surface area contributed by atoms with E-state index in [2.05, 4.69) is 187 Å². The summed E-state index contributed by atoms with van der Waals surface area (Å²) in [7, 11) is 0. The SMILES string of the molecule is Nc1ccc(-c2ccc3c(c2)C2(c4cc(-n5c(-c6ccccc6)nc6ccccc65)ccc4S3)c3ccccc3-c3ccccc32)c(-c2ccccc2)c1. The van der Waals surface area contributed by atoms with Gasteiger partial charge in [0.05, 0.1) is 16.4 Å². The molecule has 11 rings (SSSR count). The average molecular weight is 708 g/mol. The van der Waals surface area contributed by atoms with Crippen molar-refractivity contribution in [2.24, 2.45) is 0 Å². The number of anilines is 1. The van der Waals surface area contributed by atoms with E-state index in [1.165, 1.54) is 48.7 Å². The number of hydrogen-bond donors (Lipinski definition) is 1. The van der Waals surface area contributed by atoms with E-state index in [-0.39, 0.29) is 0 Å². The monoisotopic (exact) mass is 707 g/mol. The first-order chi connectivity index (χ1) is 26.7. The Bertz CT molecular complexity index is 2880. The number of fused-ring (bicyclic) bond motifs is 10. The van der Waals surface area contributed by atoms with Crippen LogP contribution in [0, 0.1) is 0 Å². The number of hydrogen-bond acceptors (Lipinski definition) is 3. The summed E-state index contributed by atoms with van der Waals surface area (Å²) < 4.78 is 2.34. The largest absolute Gasteiger partial charge is 0.399 e. The number of nitrogens with zero attached hydrogens (tertiary/aromatic N) is 2. The summed E-state index contributed by atoms with van der Waals surface area (Å²) in [6, 6.07) is 68.0. The van der Waals surface area contributed by atoms with Gasteiger partial charge in [-0.05, 0) is 110 Å². The van der Waals surface area contributed by atoms with Crippen LogP contribution in [0.15, 0.2) is 198 Å². The smallest absolute Gasteiger partial charge is 0.145 e. The van der Waals surface area contributed by atoms with Crippen molar-refractivity contribution in [1.82, 2.24) is 9.55 Å². The molecule has 254 valence electrons. The maximum atomic E-state index is 6.43. The highest BCUT2D eigenvalue weighted by Gasteiger charge is 2.50. The van der Waals surface area contributed by atoms with E-state index < -0.39 is 5.41 Å². The molecule has 0 radical (unpaired) electrons. The first kappa shape index (κ1) is 31.0. The zero-order valence-electron chi connectivity index (χ0n) is 29.3. The highest BCUT2D eigenvalue weighted by Crippen LogP contribution is 2.63. The first-order valence-electron chi connectivity index (χ1n) is 18.3. The molecule has 3 nitrogen and oxygen atoms in total. The normalized spacial score (nSPS) is 13.3. The quantitative estimate of drug-likeness (QED) is 0.185. The highest BCUT2D eigenvalue weighted by atomic mass is 32.2. The van der Waals surface area contributed by atoms with Gasteiger partial charge in [-0.15, -0.1) is 0 Å². The summed E-state index contributed by atoms with van der Waals surface area (Å²) in [5.41, 5.74) is 23.2. The predicted molar refractivity (Wildman–Crippen MR) is 223 cm³/mol. The summed E-state index contributed by atoms with van der Waals surface area (Å²) in [6.07, 6.45) is 0. The lowest BCUT2D eigenvalue weighted by molar-refractivity contribution is 0.721. The summed E-state index contributed by atoms with van der Waals surface area (Å²) in [5, 5.41) is 0. The van der Waals surface area contributed by atoms with Crippen LogP contribution in [0.4, 0.5) is 5.69 Å². The molecule has 8 aromatic carbocycles. The van der Waals surface area contributed by atoms with Gasteiger partial charge in [0.2, 0.25) is 0 Å². The summed E-state index contributed by atoms with van der Waals surface area (Å²) in [5.74, 6) is 0.931. The second-order valence-electron chi connectivity index (χ2n) is 14.1. The molecule has 2 aliphatic rings. The van der Waals surface area contributed by atoms with E-state index in [4.69, 9.17) is 10.7 Å². The van der Waals surface area contributed by atoms with Gasteiger partial charge in [-0.2, -0.15) is 0 Å². The Hall–Kier alpha value is -6.62. The average Bonchev–Trinajstić information content (AvgIpc) is 3.76. The Morgan fingerprint density at radius 3 is 1.80 bits per heavy atom. The number of nitrogen functional groups attached to an aromatic ring is 1. The Kier molecular flexibility index (Phi) is 6.85. The Labute approximate surface area is 318 Å². The van der Waals surface area contributed by atoms with Gasteiger partial charge in [-0.3, -0.25) is 4.57 Å². The van der Waals surface area contributed by atoms with Crippen LogP contribution in [0.25, 0.3) is 61.5 Å². The Balaban J connectivity index is 1.21. The molecule has 2 heterocycles. The third-order valence-corrected chi connectivity index (χ3v) is 12.4. The molecule has 0 atom stereocenters. The molecule has 9 aromatic rings. The van der Waals surface area contributed by atoms with E-state index in [0.29, 0.717) is 0 Å². The van der Waals surface area contributed by atoms with Crippen molar-refractivity contribution in [3.63, 3.8) is 0 Å². The number of nitrogens with two attached hydrogens (primary N) is 1. The fourth-order valence-electron chi connectivity index (χ4n) is 8.94. The van der Waals surface area contributed by atoms with Crippen molar-refractivity contribution in [2.75, 3.05) is 5.73 Å². The molecule has 0 amide bonds. The zero-order valence-corrected chi connectivity index (χ0v) is 30.1. The molecule has 0 saturated carbocycles. The highest BCUT2D eigenvalue weighted by molar-refractivity contribution is 7.99. The number of rotatable bonds is 4. The molecule has 54 heavy (non-hydrogen) atoms. The van der Waals surface area contributed by atoms with Gasteiger partial charge in [0, 0.05) is 26.7 Å². The number of benzene rings is 8. The lowest BCUT2D eigenvalue weighted by Gasteiger charge is -2.40. The first-order valence-corrected chi connectivity index (χ1v) is 19.1. The van der Waals surface area contributed by atoms with Crippen LogP contribution < -0.4 is 5.73 Å². The standard InChI is InChI=1S/C50H33N3S/c51-35-24-26-37(40(30-35)32-13-3-1-4-14-32)34-23-27-47-43(29-34)50(41-19-9-7-17-38(41)39-18-8-10-20-42(39)50)44-31-36(25-28-48(44)54-47)53-46-22-12-11-21-45(46)52-49(53)33-15-5-2-6-16-33/h1-31H,51H2. The van der Waals surface area contributed by atoms with Crippen LogP contribution in [0.5, 0.6) is 0 Å². The van der Waals surface area contributed by atoms with Crippen molar-refractivity contribution in [2.45, 2.75) is 15.2 Å². The van der Waals surface area contributed by atoms with Crippen LogP contribution >= 0.6 is 11.8 Å². The van der Waals surface area contributed by atoms with Gasteiger partial charge >= 0.3 is 0 Å².